The zero-order valence-electron chi connectivity index (χ0n) is 17.5. The molecule has 0 bridgehead atoms. The van der Waals surface area contributed by atoms with Crippen LogP contribution in [0.2, 0.25) is 0 Å². The Morgan fingerprint density at radius 3 is 2.29 bits per heavy atom. The van der Waals surface area contributed by atoms with E-state index in [1.807, 2.05) is 6.92 Å². The molecular weight excluding hydrogens is 406 g/mol. The Balaban J connectivity index is 2.31. The Bertz CT molecular complexity index is 933. The Labute approximate surface area is 179 Å². The maximum atomic E-state index is 12.6. The number of methoxy groups -OCH3 is 1. The molecule has 1 atom stereocenters. The minimum atomic E-state index is -2.55. The molecule has 168 valence electrons. The Kier molecular flexibility index (Phi) is 8.49. The van der Waals surface area contributed by atoms with Crippen molar-refractivity contribution >= 4 is 11.9 Å². The summed E-state index contributed by atoms with van der Waals surface area (Å²) in [6.07, 6.45) is 1.22. The number of aliphatic hydroxyl groups excluding tert-OH is 1. The number of aliphatic carboxylic acids is 2. The fourth-order valence-corrected chi connectivity index (χ4v) is 3.11. The van der Waals surface area contributed by atoms with Crippen LogP contribution in [0.5, 0.6) is 0 Å². The van der Waals surface area contributed by atoms with Crippen molar-refractivity contribution in [3.05, 3.63) is 58.5 Å². The van der Waals surface area contributed by atoms with Crippen molar-refractivity contribution in [2.45, 2.75) is 38.0 Å². The van der Waals surface area contributed by atoms with Gasteiger partial charge in [0.1, 0.15) is 6.10 Å². The summed E-state index contributed by atoms with van der Waals surface area (Å²) < 4.78 is 11.8. The number of carboxylic acids is 2. The first kappa shape index (κ1) is 24.3. The summed E-state index contributed by atoms with van der Waals surface area (Å²) in [4.78, 5) is 36.3. The standard InChI is InChI=1S/C22H27NO8/c1-3-10-23-11-4-5-18(19(23)25)16-8-6-15(7-9-16)12-22(20(26)27,21(28)29)31-14-17(13-24)30-2/h4-9,11,17,24H,3,10,12-14H2,1-2H3,(H,26,27)(H,28,29)/t17-/m0/s1. The highest BCUT2D eigenvalue weighted by molar-refractivity contribution is 6.02. The van der Waals surface area contributed by atoms with Crippen molar-refractivity contribution in [3.63, 3.8) is 0 Å². The van der Waals surface area contributed by atoms with Crippen LogP contribution in [0.4, 0.5) is 0 Å². The van der Waals surface area contributed by atoms with E-state index in [9.17, 15) is 29.7 Å². The first-order chi connectivity index (χ1) is 14.8. The van der Waals surface area contributed by atoms with Crippen LogP contribution in [-0.4, -0.2) is 63.9 Å². The highest BCUT2D eigenvalue weighted by Gasteiger charge is 2.48. The first-order valence-corrected chi connectivity index (χ1v) is 9.82. The van der Waals surface area contributed by atoms with Gasteiger partial charge in [0.2, 0.25) is 0 Å². The molecule has 0 unspecified atom stereocenters. The molecule has 0 saturated heterocycles. The number of aliphatic hydroxyl groups is 1. The van der Waals surface area contributed by atoms with Gasteiger partial charge in [-0.25, -0.2) is 9.59 Å². The van der Waals surface area contributed by atoms with Crippen LogP contribution >= 0.6 is 0 Å². The lowest BCUT2D eigenvalue weighted by Gasteiger charge is -2.27. The average Bonchev–Trinajstić information content (AvgIpc) is 2.75. The lowest BCUT2D eigenvalue weighted by molar-refractivity contribution is -0.188. The molecular formula is C22H27NO8. The van der Waals surface area contributed by atoms with Gasteiger partial charge < -0.3 is 29.4 Å². The smallest absolute Gasteiger partial charge is 0.348 e. The third-order valence-electron chi connectivity index (χ3n) is 4.95. The molecule has 0 fully saturated rings. The summed E-state index contributed by atoms with van der Waals surface area (Å²) in [5.41, 5.74) is -1.16. The minimum absolute atomic E-state index is 0.138. The Morgan fingerprint density at radius 2 is 1.77 bits per heavy atom. The topological polar surface area (TPSA) is 135 Å². The molecule has 1 aromatic heterocycles. The molecule has 0 amide bonds. The number of aryl methyl sites for hydroxylation is 1. The van der Waals surface area contributed by atoms with Gasteiger partial charge in [0.05, 0.1) is 13.2 Å². The van der Waals surface area contributed by atoms with Gasteiger partial charge >= 0.3 is 11.9 Å². The largest absolute Gasteiger partial charge is 0.479 e. The summed E-state index contributed by atoms with van der Waals surface area (Å²) in [7, 11) is 1.30. The maximum absolute atomic E-state index is 12.6. The lowest BCUT2D eigenvalue weighted by atomic mass is 9.93. The molecule has 0 aliphatic heterocycles. The molecule has 1 heterocycles. The van der Waals surface area contributed by atoms with Crippen molar-refractivity contribution < 1.29 is 34.4 Å². The second kappa shape index (κ2) is 10.9. The van der Waals surface area contributed by atoms with Gasteiger partial charge in [-0.05, 0) is 29.7 Å². The summed E-state index contributed by atoms with van der Waals surface area (Å²) in [5.74, 6) is -3.33. The molecule has 0 spiro atoms. The second-order valence-corrected chi connectivity index (χ2v) is 7.08. The first-order valence-electron chi connectivity index (χ1n) is 9.82. The predicted octanol–water partition coefficient (Wildman–Crippen LogP) is 1.40. The van der Waals surface area contributed by atoms with Crippen molar-refractivity contribution in [2.75, 3.05) is 20.3 Å². The van der Waals surface area contributed by atoms with Crippen LogP contribution in [0.1, 0.15) is 18.9 Å². The Morgan fingerprint density at radius 1 is 1.13 bits per heavy atom. The van der Waals surface area contributed by atoms with E-state index in [4.69, 9.17) is 9.47 Å². The van der Waals surface area contributed by atoms with E-state index in [1.54, 1.807) is 47.2 Å². The number of pyridine rings is 1. The molecule has 0 aliphatic rings. The molecule has 0 aliphatic carbocycles. The van der Waals surface area contributed by atoms with Gasteiger partial charge in [0, 0.05) is 31.8 Å². The van der Waals surface area contributed by atoms with Crippen molar-refractivity contribution in [1.82, 2.24) is 4.57 Å². The number of hydrogen-bond acceptors (Lipinski definition) is 6. The third-order valence-corrected chi connectivity index (χ3v) is 4.95. The monoisotopic (exact) mass is 433 g/mol. The molecule has 31 heavy (non-hydrogen) atoms. The molecule has 0 saturated carbocycles. The predicted molar refractivity (Wildman–Crippen MR) is 112 cm³/mol. The fraction of sp³-hybridized carbons (Fsp3) is 0.409. The number of ether oxygens (including phenoxy) is 2. The average molecular weight is 433 g/mol. The molecule has 3 N–H and O–H groups in total. The van der Waals surface area contributed by atoms with Crippen LogP contribution in [0.15, 0.2) is 47.4 Å². The number of hydrogen-bond donors (Lipinski definition) is 3. The normalized spacial score (nSPS) is 12.5. The summed E-state index contributed by atoms with van der Waals surface area (Å²) in [6.45, 7) is 1.71. The summed E-state index contributed by atoms with van der Waals surface area (Å²) >= 11 is 0. The van der Waals surface area contributed by atoms with Crippen molar-refractivity contribution in [2.24, 2.45) is 0 Å². The summed E-state index contributed by atoms with van der Waals surface area (Å²) in [6, 6.07) is 9.89. The van der Waals surface area contributed by atoms with E-state index in [0.717, 1.165) is 6.42 Å². The molecule has 9 heteroatoms. The van der Waals surface area contributed by atoms with Gasteiger partial charge in [-0.15, -0.1) is 0 Å². The fourth-order valence-electron chi connectivity index (χ4n) is 3.11. The lowest BCUT2D eigenvalue weighted by Crippen LogP contribution is -2.52. The van der Waals surface area contributed by atoms with E-state index >= 15 is 0 Å². The van der Waals surface area contributed by atoms with E-state index < -0.39 is 43.3 Å². The van der Waals surface area contributed by atoms with Crippen molar-refractivity contribution in [1.29, 1.82) is 0 Å². The third kappa shape index (κ3) is 5.57. The highest BCUT2D eigenvalue weighted by atomic mass is 16.6. The molecule has 1 aromatic carbocycles. The van der Waals surface area contributed by atoms with Gasteiger partial charge in [0.25, 0.3) is 11.2 Å². The van der Waals surface area contributed by atoms with Gasteiger partial charge in [-0.2, -0.15) is 0 Å². The zero-order valence-corrected chi connectivity index (χ0v) is 17.5. The van der Waals surface area contributed by atoms with Crippen LogP contribution < -0.4 is 5.56 Å². The number of carboxylic acid groups (broad SMARTS) is 2. The molecule has 0 radical (unpaired) electrons. The van der Waals surface area contributed by atoms with Crippen LogP contribution in [-0.2, 0) is 32.0 Å². The SMILES string of the molecule is CCCn1cccc(-c2ccc(CC(OC[C@H](CO)OC)(C(=O)O)C(=O)O)cc2)c1=O. The van der Waals surface area contributed by atoms with E-state index in [0.29, 0.717) is 23.2 Å². The Hall–Kier alpha value is -3.01. The number of carbonyl (C=O) groups is 2. The zero-order chi connectivity index (χ0) is 23.0. The minimum Gasteiger partial charge on any atom is -0.479 e. The second-order valence-electron chi connectivity index (χ2n) is 7.08. The maximum Gasteiger partial charge on any atom is 0.348 e. The quantitative estimate of drug-likeness (QED) is 0.428. The van der Waals surface area contributed by atoms with Gasteiger partial charge in [-0.3, -0.25) is 4.79 Å². The number of nitrogens with zero attached hydrogens (tertiary/aromatic N) is 1. The molecule has 2 aromatic rings. The van der Waals surface area contributed by atoms with E-state index in [1.165, 1.54) is 7.11 Å². The van der Waals surface area contributed by atoms with Gasteiger partial charge in [-0.1, -0.05) is 31.2 Å². The van der Waals surface area contributed by atoms with Crippen molar-refractivity contribution in [3.8, 4) is 11.1 Å². The van der Waals surface area contributed by atoms with Crippen LogP contribution in [0, 0.1) is 0 Å². The van der Waals surface area contributed by atoms with Crippen LogP contribution in [0.25, 0.3) is 11.1 Å². The number of benzene rings is 1. The van der Waals surface area contributed by atoms with E-state index in [-0.39, 0.29) is 5.56 Å². The number of aromatic nitrogens is 1. The van der Waals surface area contributed by atoms with E-state index in [2.05, 4.69) is 0 Å². The highest BCUT2D eigenvalue weighted by Crippen LogP contribution is 2.23. The van der Waals surface area contributed by atoms with Crippen LogP contribution in [0.3, 0.4) is 0 Å². The van der Waals surface area contributed by atoms with Gasteiger partial charge in [0.15, 0.2) is 0 Å². The summed E-state index contributed by atoms with van der Waals surface area (Å²) in [5, 5.41) is 28.4. The number of rotatable bonds is 12. The molecule has 2 rings (SSSR count). The molecule has 9 nitrogen and oxygen atoms in total.